The van der Waals surface area contributed by atoms with E-state index in [1.54, 1.807) is 11.3 Å². The fraction of sp³-hybridized carbons (Fsp3) is 0.385. The summed E-state index contributed by atoms with van der Waals surface area (Å²) in [6, 6.07) is 7.96. The number of carboxylic acid groups (broad SMARTS) is 1. The zero-order valence-electron chi connectivity index (χ0n) is 9.35. The van der Waals surface area contributed by atoms with Crippen LogP contribution in [0.5, 0.6) is 0 Å². The largest absolute Gasteiger partial charge is 0.481 e. The second kappa shape index (κ2) is 3.81. The minimum absolute atomic E-state index is 0.534. The zero-order valence-corrected chi connectivity index (χ0v) is 10.2. The van der Waals surface area contributed by atoms with E-state index >= 15 is 0 Å². The molecule has 1 N–H and O–H groups in total. The van der Waals surface area contributed by atoms with Gasteiger partial charge in [-0.3, -0.25) is 4.79 Å². The first kappa shape index (κ1) is 10.7. The maximum atomic E-state index is 11.3. The fourth-order valence-electron chi connectivity index (χ4n) is 2.35. The van der Waals surface area contributed by atoms with Crippen molar-refractivity contribution in [2.24, 2.45) is 5.41 Å². The van der Waals surface area contributed by atoms with Crippen molar-refractivity contribution in [1.82, 2.24) is 4.98 Å². The Kier molecular flexibility index (Phi) is 2.40. The number of thiazole rings is 1. The van der Waals surface area contributed by atoms with Crippen molar-refractivity contribution >= 4 is 27.5 Å². The summed E-state index contributed by atoms with van der Waals surface area (Å²) in [7, 11) is 0. The first-order chi connectivity index (χ1) is 8.20. The second-order valence-electron chi connectivity index (χ2n) is 4.69. The first-order valence-corrected chi connectivity index (χ1v) is 6.59. The van der Waals surface area contributed by atoms with E-state index in [1.165, 1.54) is 0 Å². The van der Waals surface area contributed by atoms with Crippen LogP contribution in [0.3, 0.4) is 0 Å². The number of aliphatic carboxylic acids is 1. The smallest absolute Gasteiger partial charge is 0.310 e. The normalized spacial score (nSPS) is 17.9. The molecule has 1 aromatic heterocycles. The first-order valence-electron chi connectivity index (χ1n) is 5.77. The van der Waals surface area contributed by atoms with Crippen LogP contribution in [-0.4, -0.2) is 16.1 Å². The topological polar surface area (TPSA) is 50.2 Å². The van der Waals surface area contributed by atoms with Gasteiger partial charge in [-0.1, -0.05) is 18.6 Å². The van der Waals surface area contributed by atoms with Crippen molar-refractivity contribution in [2.45, 2.75) is 25.7 Å². The van der Waals surface area contributed by atoms with Gasteiger partial charge in [0.05, 0.1) is 20.6 Å². The van der Waals surface area contributed by atoms with Crippen molar-refractivity contribution in [3.8, 4) is 0 Å². The molecule has 1 aliphatic rings. The highest BCUT2D eigenvalue weighted by Crippen LogP contribution is 2.44. The van der Waals surface area contributed by atoms with Crippen molar-refractivity contribution in [2.75, 3.05) is 0 Å². The SMILES string of the molecule is O=C(O)C1(Cc2nc3ccccc3s2)CCC1. The second-order valence-corrected chi connectivity index (χ2v) is 5.81. The number of rotatable bonds is 3. The molecule has 0 saturated heterocycles. The van der Waals surface area contributed by atoms with E-state index in [9.17, 15) is 9.90 Å². The molecule has 1 aliphatic carbocycles. The van der Waals surface area contributed by atoms with Gasteiger partial charge < -0.3 is 5.11 Å². The number of para-hydroxylation sites is 1. The van der Waals surface area contributed by atoms with Crippen LogP contribution >= 0.6 is 11.3 Å². The average Bonchev–Trinajstić information content (AvgIpc) is 2.65. The zero-order chi connectivity index (χ0) is 11.9. The Bertz CT molecular complexity index is 539. The van der Waals surface area contributed by atoms with Gasteiger partial charge in [-0.05, 0) is 25.0 Å². The Labute approximate surface area is 103 Å². The predicted molar refractivity (Wildman–Crippen MR) is 67.2 cm³/mol. The molecule has 1 heterocycles. The molecule has 0 atom stereocenters. The lowest BCUT2D eigenvalue weighted by Gasteiger charge is -2.36. The summed E-state index contributed by atoms with van der Waals surface area (Å²) >= 11 is 1.62. The van der Waals surface area contributed by atoms with Gasteiger partial charge in [-0.15, -0.1) is 11.3 Å². The highest BCUT2D eigenvalue weighted by atomic mass is 32.1. The van der Waals surface area contributed by atoms with Gasteiger partial charge in [0.15, 0.2) is 0 Å². The Balaban J connectivity index is 1.92. The Morgan fingerprint density at radius 3 is 2.76 bits per heavy atom. The molecule has 4 heteroatoms. The molecule has 1 saturated carbocycles. The van der Waals surface area contributed by atoms with Crippen LogP contribution in [-0.2, 0) is 11.2 Å². The van der Waals surface area contributed by atoms with Crippen LogP contribution in [0.4, 0.5) is 0 Å². The molecule has 0 radical (unpaired) electrons. The summed E-state index contributed by atoms with van der Waals surface area (Å²) < 4.78 is 1.14. The third-order valence-electron chi connectivity index (χ3n) is 3.59. The van der Waals surface area contributed by atoms with Gasteiger partial charge in [0.1, 0.15) is 0 Å². The Morgan fingerprint density at radius 1 is 1.41 bits per heavy atom. The summed E-state index contributed by atoms with van der Waals surface area (Å²) in [4.78, 5) is 15.8. The van der Waals surface area contributed by atoms with Gasteiger partial charge in [0.25, 0.3) is 0 Å². The number of benzene rings is 1. The van der Waals surface area contributed by atoms with Crippen LogP contribution in [0.25, 0.3) is 10.2 Å². The number of nitrogens with zero attached hydrogens (tertiary/aromatic N) is 1. The van der Waals surface area contributed by atoms with Crippen molar-refractivity contribution in [3.05, 3.63) is 29.3 Å². The standard InChI is InChI=1S/C13H13NO2S/c15-12(16)13(6-3-7-13)8-11-14-9-4-1-2-5-10(9)17-11/h1-2,4-5H,3,6-8H2,(H,15,16). The molecule has 0 spiro atoms. The van der Waals surface area contributed by atoms with Gasteiger partial charge in [-0.25, -0.2) is 4.98 Å². The Morgan fingerprint density at radius 2 is 2.18 bits per heavy atom. The number of hydrogen-bond donors (Lipinski definition) is 1. The molecule has 1 fully saturated rings. The van der Waals surface area contributed by atoms with Gasteiger partial charge >= 0.3 is 5.97 Å². The van der Waals surface area contributed by atoms with E-state index in [1.807, 2.05) is 24.3 Å². The third-order valence-corrected chi connectivity index (χ3v) is 4.63. The van der Waals surface area contributed by atoms with Crippen LogP contribution in [0, 0.1) is 5.41 Å². The number of aromatic nitrogens is 1. The van der Waals surface area contributed by atoms with Crippen LogP contribution < -0.4 is 0 Å². The molecule has 0 unspecified atom stereocenters. The summed E-state index contributed by atoms with van der Waals surface area (Å²) in [5.41, 5.74) is 0.445. The lowest BCUT2D eigenvalue weighted by Crippen LogP contribution is -2.39. The maximum Gasteiger partial charge on any atom is 0.310 e. The van der Waals surface area contributed by atoms with Crippen LogP contribution in [0.15, 0.2) is 24.3 Å². The number of fused-ring (bicyclic) bond motifs is 1. The van der Waals surface area contributed by atoms with E-state index < -0.39 is 11.4 Å². The number of carboxylic acids is 1. The Hall–Kier alpha value is -1.42. The lowest BCUT2D eigenvalue weighted by atomic mass is 9.67. The highest BCUT2D eigenvalue weighted by Gasteiger charge is 2.44. The molecule has 2 aromatic rings. The average molecular weight is 247 g/mol. The fourth-order valence-corrected chi connectivity index (χ4v) is 3.47. The molecule has 17 heavy (non-hydrogen) atoms. The van der Waals surface area contributed by atoms with Crippen LogP contribution in [0.1, 0.15) is 24.3 Å². The molecule has 0 amide bonds. The monoisotopic (exact) mass is 247 g/mol. The number of hydrogen-bond acceptors (Lipinski definition) is 3. The molecule has 3 rings (SSSR count). The van der Waals surface area contributed by atoms with Crippen molar-refractivity contribution < 1.29 is 9.90 Å². The van der Waals surface area contributed by atoms with Crippen molar-refractivity contribution in [1.29, 1.82) is 0 Å². The number of carbonyl (C=O) groups is 1. The van der Waals surface area contributed by atoms with E-state index in [2.05, 4.69) is 4.98 Å². The predicted octanol–water partition coefficient (Wildman–Crippen LogP) is 3.09. The summed E-state index contributed by atoms with van der Waals surface area (Å²) in [5, 5.41) is 10.2. The van der Waals surface area contributed by atoms with E-state index in [0.717, 1.165) is 34.5 Å². The lowest BCUT2D eigenvalue weighted by molar-refractivity contribution is -0.154. The minimum Gasteiger partial charge on any atom is -0.481 e. The molecule has 3 nitrogen and oxygen atoms in total. The molecule has 1 aromatic carbocycles. The summed E-state index contributed by atoms with van der Waals surface area (Å²) in [6.07, 6.45) is 3.19. The van der Waals surface area contributed by atoms with Crippen LogP contribution in [0.2, 0.25) is 0 Å². The summed E-state index contributed by atoms with van der Waals surface area (Å²) in [6.45, 7) is 0. The highest BCUT2D eigenvalue weighted by molar-refractivity contribution is 7.18. The molecule has 88 valence electrons. The van der Waals surface area contributed by atoms with E-state index in [0.29, 0.717) is 6.42 Å². The van der Waals surface area contributed by atoms with E-state index in [-0.39, 0.29) is 0 Å². The third kappa shape index (κ3) is 1.72. The van der Waals surface area contributed by atoms with E-state index in [4.69, 9.17) is 0 Å². The molecule has 0 aliphatic heterocycles. The summed E-state index contributed by atoms with van der Waals surface area (Å²) in [5.74, 6) is -0.664. The van der Waals surface area contributed by atoms with Gasteiger partial charge in [0.2, 0.25) is 0 Å². The maximum absolute atomic E-state index is 11.3. The molecule has 0 bridgehead atoms. The molecular formula is C13H13NO2S. The molecular weight excluding hydrogens is 234 g/mol. The van der Waals surface area contributed by atoms with Gasteiger partial charge in [-0.2, -0.15) is 0 Å². The van der Waals surface area contributed by atoms with Crippen molar-refractivity contribution in [3.63, 3.8) is 0 Å². The van der Waals surface area contributed by atoms with Gasteiger partial charge in [0, 0.05) is 6.42 Å². The minimum atomic E-state index is -0.664. The quantitative estimate of drug-likeness (QED) is 0.906.